The first-order chi connectivity index (χ1) is 10.9. The lowest BCUT2D eigenvalue weighted by Crippen LogP contribution is -2.38. The molecule has 1 N–H and O–H groups in total. The van der Waals surface area contributed by atoms with Crippen LogP contribution in [0.5, 0.6) is 0 Å². The van der Waals surface area contributed by atoms with Gasteiger partial charge in [0.15, 0.2) is 0 Å². The zero-order valence-corrected chi connectivity index (χ0v) is 14.8. The van der Waals surface area contributed by atoms with Crippen LogP contribution in [0.2, 0.25) is 5.02 Å². The van der Waals surface area contributed by atoms with Gasteiger partial charge in [0.25, 0.3) is 0 Å². The molecule has 1 amide bonds. The Balaban J connectivity index is 1.75. The lowest BCUT2D eigenvalue weighted by Gasteiger charge is -2.29. The number of amides is 1. The third-order valence-electron chi connectivity index (χ3n) is 4.53. The smallest absolute Gasteiger partial charge is 0.226 e. The van der Waals surface area contributed by atoms with Crippen molar-refractivity contribution in [3.63, 3.8) is 0 Å². The molecule has 0 bridgehead atoms. The molecule has 1 aromatic carbocycles. The van der Waals surface area contributed by atoms with Crippen molar-refractivity contribution in [1.82, 2.24) is 10.2 Å². The van der Waals surface area contributed by atoms with Crippen LogP contribution >= 0.6 is 34.8 Å². The molecule has 1 saturated carbocycles. The third-order valence-corrected chi connectivity index (χ3v) is 5.69. The zero-order valence-electron chi connectivity index (χ0n) is 12.5. The van der Waals surface area contributed by atoms with E-state index in [2.05, 4.69) is 10.2 Å². The van der Waals surface area contributed by atoms with Crippen LogP contribution in [-0.4, -0.2) is 34.8 Å². The SMILES string of the molecule is O=C(NCC(c1c(F)cccc1Cl)N1CCCC1)C1CC1(Cl)Cl. The number of benzene rings is 1. The number of alkyl halides is 2. The predicted molar refractivity (Wildman–Crippen MR) is 90.5 cm³/mol. The maximum absolute atomic E-state index is 14.3. The molecule has 0 spiro atoms. The van der Waals surface area contributed by atoms with E-state index >= 15 is 0 Å². The van der Waals surface area contributed by atoms with Crippen LogP contribution in [0.25, 0.3) is 0 Å². The van der Waals surface area contributed by atoms with E-state index in [-0.39, 0.29) is 23.7 Å². The highest BCUT2D eigenvalue weighted by Gasteiger charge is 2.56. The van der Waals surface area contributed by atoms with E-state index < -0.39 is 4.33 Å². The average Bonchev–Trinajstić information content (AvgIpc) is 2.89. The standard InChI is InChI=1S/C16H18Cl3FN2O/c17-11-4-3-5-12(20)14(11)13(22-6-1-2-7-22)9-21-15(23)10-8-16(10,18)19/h3-5,10,13H,1-2,6-9H2,(H,21,23). The molecule has 2 atom stereocenters. The fourth-order valence-corrected chi connectivity index (χ4v) is 3.91. The van der Waals surface area contributed by atoms with E-state index in [1.807, 2.05) is 0 Å². The first kappa shape index (κ1) is 17.3. The van der Waals surface area contributed by atoms with Crippen LogP contribution in [0, 0.1) is 11.7 Å². The fourth-order valence-electron chi connectivity index (χ4n) is 3.11. The molecule has 0 radical (unpaired) electrons. The lowest BCUT2D eigenvalue weighted by atomic mass is 10.0. The summed E-state index contributed by atoms with van der Waals surface area (Å²) in [6.45, 7) is 2.02. The summed E-state index contributed by atoms with van der Waals surface area (Å²) >= 11 is 18.1. The summed E-state index contributed by atoms with van der Waals surface area (Å²) in [4.78, 5) is 14.3. The van der Waals surface area contributed by atoms with E-state index in [0.29, 0.717) is 23.6 Å². The summed E-state index contributed by atoms with van der Waals surface area (Å²) in [5, 5.41) is 3.24. The van der Waals surface area contributed by atoms with Gasteiger partial charge in [0.1, 0.15) is 10.2 Å². The second-order valence-corrected chi connectivity index (χ2v) is 8.11. The average molecular weight is 380 g/mol. The molecular weight excluding hydrogens is 362 g/mol. The summed E-state index contributed by atoms with van der Waals surface area (Å²) in [5.74, 6) is -0.924. The Morgan fingerprint density at radius 3 is 2.61 bits per heavy atom. The van der Waals surface area contributed by atoms with E-state index in [1.165, 1.54) is 6.07 Å². The molecule has 126 valence electrons. The molecule has 0 aromatic heterocycles. The van der Waals surface area contributed by atoms with Crippen molar-refractivity contribution in [2.75, 3.05) is 19.6 Å². The van der Waals surface area contributed by atoms with Gasteiger partial charge in [-0.25, -0.2) is 4.39 Å². The van der Waals surface area contributed by atoms with Crippen LogP contribution in [0.1, 0.15) is 30.9 Å². The molecular formula is C16H18Cl3FN2O. The molecule has 1 aliphatic carbocycles. The lowest BCUT2D eigenvalue weighted by molar-refractivity contribution is -0.122. The van der Waals surface area contributed by atoms with Crippen molar-refractivity contribution in [2.45, 2.75) is 29.6 Å². The first-order valence-electron chi connectivity index (χ1n) is 7.73. The number of halogens is 4. The van der Waals surface area contributed by atoms with Crippen molar-refractivity contribution in [3.05, 3.63) is 34.6 Å². The number of nitrogens with one attached hydrogen (secondary N) is 1. The molecule has 1 aromatic rings. The second-order valence-electron chi connectivity index (χ2n) is 6.16. The molecule has 7 heteroatoms. The quantitative estimate of drug-likeness (QED) is 0.786. The van der Waals surface area contributed by atoms with Gasteiger partial charge in [-0.05, 0) is 44.5 Å². The van der Waals surface area contributed by atoms with Crippen LogP contribution in [0.3, 0.4) is 0 Å². The minimum absolute atomic E-state index is 0.188. The summed E-state index contributed by atoms with van der Waals surface area (Å²) in [7, 11) is 0. The number of carbonyl (C=O) groups excluding carboxylic acids is 1. The van der Waals surface area contributed by atoms with Gasteiger partial charge in [-0.15, -0.1) is 23.2 Å². The van der Waals surface area contributed by atoms with Gasteiger partial charge in [-0.1, -0.05) is 17.7 Å². The van der Waals surface area contributed by atoms with Gasteiger partial charge in [-0.2, -0.15) is 0 Å². The monoisotopic (exact) mass is 378 g/mol. The van der Waals surface area contributed by atoms with E-state index in [1.54, 1.807) is 12.1 Å². The zero-order chi connectivity index (χ0) is 16.6. The van der Waals surface area contributed by atoms with E-state index in [0.717, 1.165) is 25.9 Å². The Bertz CT molecular complexity index is 585. The Morgan fingerprint density at radius 2 is 2.04 bits per heavy atom. The largest absolute Gasteiger partial charge is 0.354 e. The molecule has 1 saturated heterocycles. The van der Waals surface area contributed by atoms with E-state index in [9.17, 15) is 9.18 Å². The molecule has 2 unspecified atom stereocenters. The van der Waals surface area contributed by atoms with Gasteiger partial charge in [0.2, 0.25) is 5.91 Å². The Labute approximate surface area is 150 Å². The molecule has 1 heterocycles. The molecule has 2 aliphatic rings. The van der Waals surface area contributed by atoms with Crippen LogP contribution < -0.4 is 5.32 Å². The maximum Gasteiger partial charge on any atom is 0.226 e. The summed E-state index contributed by atoms with van der Waals surface area (Å²) < 4.78 is 13.4. The summed E-state index contributed by atoms with van der Waals surface area (Å²) in [6, 6.07) is 4.37. The topological polar surface area (TPSA) is 32.3 Å². The Morgan fingerprint density at radius 1 is 1.39 bits per heavy atom. The minimum atomic E-state index is -0.955. The summed E-state index contributed by atoms with van der Waals surface area (Å²) in [6.07, 6.45) is 2.58. The van der Waals surface area contributed by atoms with Gasteiger partial charge in [-0.3, -0.25) is 9.69 Å². The Kier molecular flexibility index (Phi) is 5.07. The predicted octanol–water partition coefficient (Wildman–Crippen LogP) is 3.93. The van der Waals surface area contributed by atoms with Gasteiger partial charge >= 0.3 is 0 Å². The number of likely N-dealkylation sites (tertiary alicyclic amines) is 1. The van der Waals surface area contributed by atoms with Crippen LogP contribution in [0.4, 0.5) is 4.39 Å². The fraction of sp³-hybridized carbons (Fsp3) is 0.562. The number of hydrogen-bond acceptors (Lipinski definition) is 2. The van der Waals surface area contributed by atoms with Crippen molar-refractivity contribution < 1.29 is 9.18 Å². The number of carbonyl (C=O) groups is 1. The number of nitrogens with zero attached hydrogens (tertiary/aromatic N) is 1. The van der Waals surface area contributed by atoms with Crippen molar-refractivity contribution >= 4 is 40.7 Å². The molecule has 1 aliphatic heterocycles. The Hall–Kier alpha value is -0.550. The number of rotatable bonds is 5. The third kappa shape index (κ3) is 3.76. The molecule has 23 heavy (non-hydrogen) atoms. The highest BCUT2D eigenvalue weighted by molar-refractivity contribution is 6.52. The van der Waals surface area contributed by atoms with Crippen molar-refractivity contribution in [2.24, 2.45) is 5.92 Å². The maximum atomic E-state index is 14.3. The van der Waals surface area contributed by atoms with Gasteiger partial charge < -0.3 is 5.32 Å². The highest BCUT2D eigenvalue weighted by atomic mass is 35.5. The first-order valence-corrected chi connectivity index (χ1v) is 8.87. The minimum Gasteiger partial charge on any atom is -0.354 e. The normalized spacial score (nSPS) is 24.4. The molecule has 3 nitrogen and oxygen atoms in total. The second kappa shape index (κ2) is 6.75. The number of hydrogen-bond donors (Lipinski definition) is 1. The van der Waals surface area contributed by atoms with Crippen molar-refractivity contribution in [1.29, 1.82) is 0 Å². The van der Waals surface area contributed by atoms with Crippen molar-refractivity contribution in [3.8, 4) is 0 Å². The van der Waals surface area contributed by atoms with Gasteiger partial charge in [0.05, 0.1) is 12.0 Å². The van der Waals surface area contributed by atoms with Crippen LogP contribution in [0.15, 0.2) is 18.2 Å². The van der Waals surface area contributed by atoms with Crippen LogP contribution in [-0.2, 0) is 4.79 Å². The van der Waals surface area contributed by atoms with E-state index in [4.69, 9.17) is 34.8 Å². The molecule has 3 rings (SSSR count). The summed E-state index contributed by atoms with van der Waals surface area (Å²) in [5.41, 5.74) is 0.440. The molecule has 2 fully saturated rings. The highest BCUT2D eigenvalue weighted by Crippen LogP contribution is 2.53. The van der Waals surface area contributed by atoms with Gasteiger partial charge in [0, 0.05) is 17.1 Å².